The number of hydrogen-bond donors (Lipinski definition) is 2. The summed E-state index contributed by atoms with van der Waals surface area (Å²) in [6.45, 7) is 18.2. The van der Waals surface area contributed by atoms with Crippen LogP contribution in [-0.4, -0.2) is 48.7 Å². The number of H-pyrrole nitrogens is 1. The molecule has 4 unspecified atom stereocenters. The molecule has 0 saturated heterocycles. The lowest BCUT2D eigenvalue weighted by Crippen LogP contribution is -2.48. The zero-order chi connectivity index (χ0) is 33.3. The number of aromatic amines is 1. The lowest BCUT2D eigenvalue weighted by atomic mass is 9.78. The van der Waals surface area contributed by atoms with E-state index in [0.717, 1.165) is 37.7 Å². The number of hydrogen-bond acceptors (Lipinski definition) is 6. The van der Waals surface area contributed by atoms with Gasteiger partial charge in [0.1, 0.15) is 11.4 Å². The average Bonchev–Trinajstić information content (AvgIpc) is 3.62. The third-order valence-corrected chi connectivity index (χ3v) is 9.76. The molecule has 0 bridgehead atoms. The molecule has 9 nitrogen and oxygen atoms in total. The van der Waals surface area contributed by atoms with Gasteiger partial charge in [-0.15, -0.1) is 10.2 Å². The molecule has 0 radical (unpaired) electrons. The van der Waals surface area contributed by atoms with Crippen LogP contribution in [0, 0.1) is 28.6 Å². The average molecular weight is 628 g/mol. The van der Waals surface area contributed by atoms with E-state index in [0.29, 0.717) is 23.0 Å². The topological polar surface area (TPSA) is 116 Å². The molecule has 1 fully saturated rings. The number of aliphatic imine (C=N–C) groups is 1. The SMILES string of the molecule is CC1C(C2CC2)=CC=CC1C1=NC(C)(CCCC(C)(C)C)N(C(CCC(C)(C)C)c2ccc(C(=O)NCc3nn[nH]n3)cc2)C1=O. The van der Waals surface area contributed by atoms with Crippen LogP contribution in [0.5, 0.6) is 0 Å². The van der Waals surface area contributed by atoms with E-state index in [4.69, 9.17) is 4.99 Å². The molecule has 46 heavy (non-hydrogen) atoms. The molecule has 1 saturated carbocycles. The molecule has 3 aliphatic rings. The molecule has 2 heterocycles. The number of amides is 2. The second-order valence-corrected chi connectivity index (χ2v) is 16.2. The van der Waals surface area contributed by atoms with Crippen molar-refractivity contribution in [3.63, 3.8) is 0 Å². The van der Waals surface area contributed by atoms with E-state index in [1.165, 1.54) is 18.4 Å². The van der Waals surface area contributed by atoms with Gasteiger partial charge in [-0.2, -0.15) is 5.21 Å². The second-order valence-electron chi connectivity index (χ2n) is 16.2. The maximum absolute atomic E-state index is 14.8. The van der Waals surface area contributed by atoms with Crippen LogP contribution in [0.2, 0.25) is 0 Å². The van der Waals surface area contributed by atoms with Crippen molar-refractivity contribution in [3.05, 3.63) is 65.0 Å². The number of carbonyl (C=O) groups is 2. The smallest absolute Gasteiger partial charge is 0.270 e. The predicted molar refractivity (Wildman–Crippen MR) is 182 cm³/mol. The zero-order valence-corrected chi connectivity index (χ0v) is 29.1. The number of carbonyl (C=O) groups excluding carboxylic acids is 2. The largest absolute Gasteiger partial charge is 0.345 e. The predicted octanol–water partition coefficient (Wildman–Crippen LogP) is 7.37. The minimum atomic E-state index is -0.657. The zero-order valence-electron chi connectivity index (χ0n) is 29.1. The van der Waals surface area contributed by atoms with Gasteiger partial charge in [0, 0.05) is 11.5 Å². The highest BCUT2D eigenvalue weighted by molar-refractivity contribution is 6.41. The number of nitrogens with zero attached hydrogens (tertiary/aromatic N) is 5. The van der Waals surface area contributed by atoms with E-state index in [2.05, 4.69) is 104 Å². The summed E-state index contributed by atoms with van der Waals surface area (Å²) in [6, 6.07) is 7.54. The number of aromatic nitrogens is 4. The summed E-state index contributed by atoms with van der Waals surface area (Å²) in [4.78, 5) is 35.2. The number of allylic oxidation sites excluding steroid dienone is 4. The maximum Gasteiger partial charge on any atom is 0.270 e. The van der Waals surface area contributed by atoms with Gasteiger partial charge >= 0.3 is 0 Å². The standard InChI is InChI=1S/C37H53N7O2/c1-24-28(25-13-14-25)11-9-12-29(24)32-34(46)44(37(8,39-32)21-10-20-35(2,3)4)30(19-22-36(5,6)7)26-15-17-27(18-16-26)33(45)38-23-31-40-42-43-41-31/h9,11-12,15-18,24-25,29-30H,10,13-14,19-23H2,1-8H3,(H,38,45)(H,40,41,42,43). The quantitative estimate of drug-likeness (QED) is 0.255. The second kappa shape index (κ2) is 13.2. The van der Waals surface area contributed by atoms with Crippen LogP contribution in [0.1, 0.15) is 128 Å². The van der Waals surface area contributed by atoms with Crippen molar-refractivity contribution >= 4 is 17.5 Å². The van der Waals surface area contributed by atoms with E-state index in [-0.39, 0.29) is 47.1 Å². The summed E-state index contributed by atoms with van der Waals surface area (Å²) >= 11 is 0. The maximum atomic E-state index is 14.8. The molecule has 9 heteroatoms. The van der Waals surface area contributed by atoms with E-state index in [1.807, 2.05) is 24.3 Å². The van der Waals surface area contributed by atoms with Gasteiger partial charge in [0.25, 0.3) is 11.8 Å². The van der Waals surface area contributed by atoms with Crippen molar-refractivity contribution < 1.29 is 9.59 Å². The Bertz CT molecular complexity index is 1470. The van der Waals surface area contributed by atoms with E-state index in [9.17, 15) is 9.59 Å². The van der Waals surface area contributed by atoms with Gasteiger partial charge in [0.15, 0.2) is 5.82 Å². The van der Waals surface area contributed by atoms with E-state index < -0.39 is 5.66 Å². The number of rotatable bonds is 12. The van der Waals surface area contributed by atoms with Gasteiger partial charge in [-0.05, 0) is 92.2 Å². The molecule has 4 atom stereocenters. The van der Waals surface area contributed by atoms with Crippen LogP contribution >= 0.6 is 0 Å². The van der Waals surface area contributed by atoms with Crippen molar-refractivity contribution in [1.29, 1.82) is 0 Å². The lowest BCUT2D eigenvalue weighted by Gasteiger charge is -2.41. The van der Waals surface area contributed by atoms with Crippen LogP contribution in [0.4, 0.5) is 0 Å². The minimum absolute atomic E-state index is 0.0198. The van der Waals surface area contributed by atoms with Gasteiger partial charge in [0.05, 0.1) is 12.6 Å². The van der Waals surface area contributed by atoms with Crippen molar-refractivity contribution in [1.82, 2.24) is 30.8 Å². The highest BCUT2D eigenvalue weighted by Crippen LogP contribution is 2.47. The number of tetrazole rings is 1. The third kappa shape index (κ3) is 8.02. The van der Waals surface area contributed by atoms with Gasteiger partial charge in [-0.25, -0.2) is 0 Å². The molecule has 2 amide bonds. The molecule has 2 N–H and O–H groups in total. The first kappa shape index (κ1) is 33.7. The Morgan fingerprint density at radius 2 is 1.78 bits per heavy atom. The fraction of sp³-hybridized carbons (Fsp3) is 0.622. The normalized spacial score (nSPS) is 24.2. The summed E-state index contributed by atoms with van der Waals surface area (Å²) in [5.41, 5.74) is 3.37. The van der Waals surface area contributed by atoms with Crippen LogP contribution in [0.15, 0.2) is 53.1 Å². The Morgan fingerprint density at radius 1 is 1.09 bits per heavy atom. The molecule has 1 aliphatic heterocycles. The van der Waals surface area contributed by atoms with Gasteiger partial charge in [-0.1, -0.05) is 89.6 Å². The fourth-order valence-electron chi connectivity index (χ4n) is 6.98. The molecular weight excluding hydrogens is 574 g/mol. The Balaban J connectivity index is 1.46. The Labute approximate surface area is 274 Å². The molecule has 248 valence electrons. The monoisotopic (exact) mass is 627 g/mol. The van der Waals surface area contributed by atoms with Gasteiger partial charge in [-0.3, -0.25) is 14.6 Å². The first-order valence-electron chi connectivity index (χ1n) is 17.1. The van der Waals surface area contributed by atoms with Crippen LogP contribution in [0.3, 0.4) is 0 Å². The van der Waals surface area contributed by atoms with Crippen molar-refractivity contribution in [3.8, 4) is 0 Å². The highest BCUT2D eigenvalue weighted by Gasteiger charge is 2.50. The minimum Gasteiger partial charge on any atom is -0.345 e. The third-order valence-electron chi connectivity index (χ3n) is 9.76. The van der Waals surface area contributed by atoms with Crippen LogP contribution in [0.25, 0.3) is 0 Å². The molecule has 1 aromatic heterocycles. The Morgan fingerprint density at radius 3 is 2.39 bits per heavy atom. The first-order valence-corrected chi connectivity index (χ1v) is 17.1. The molecule has 2 aromatic rings. The molecule has 1 aromatic carbocycles. The fourth-order valence-corrected chi connectivity index (χ4v) is 6.98. The van der Waals surface area contributed by atoms with Crippen molar-refractivity contribution in [2.24, 2.45) is 33.6 Å². The summed E-state index contributed by atoms with van der Waals surface area (Å²) < 4.78 is 0. The first-order chi connectivity index (χ1) is 21.7. The van der Waals surface area contributed by atoms with Crippen LogP contribution in [-0.2, 0) is 11.3 Å². The van der Waals surface area contributed by atoms with Crippen LogP contribution < -0.4 is 5.32 Å². The lowest BCUT2D eigenvalue weighted by molar-refractivity contribution is -0.131. The van der Waals surface area contributed by atoms with Gasteiger partial charge in [0.2, 0.25) is 0 Å². The van der Waals surface area contributed by atoms with Crippen molar-refractivity contribution in [2.75, 3.05) is 0 Å². The Kier molecular flexibility index (Phi) is 9.71. The molecule has 5 rings (SSSR count). The summed E-state index contributed by atoms with van der Waals surface area (Å²) in [6.07, 6.45) is 13.7. The Hall–Kier alpha value is -3.62. The van der Waals surface area contributed by atoms with Crippen molar-refractivity contribution in [2.45, 2.75) is 119 Å². The number of nitrogens with one attached hydrogen (secondary N) is 2. The van der Waals surface area contributed by atoms with Gasteiger partial charge < -0.3 is 10.2 Å². The molecule has 2 aliphatic carbocycles. The summed E-state index contributed by atoms with van der Waals surface area (Å²) in [7, 11) is 0. The summed E-state index contributed by atoms with van der Waals surface area (Å²) in [5.74, 6) is 1.15. The van der Waals surface area contributed by atoms with E-state index >= 15 is 0 Å². The van der Waals surface area contributed by atoms with E-state index in [1.54, 1.807) is 0 Å². The highest BCUT2D eigenvalue weighted by atomic mass is 16.2. The molecule has 0 spiro atoms. The molecular formula is C37H53N7O2. The number of benzene rings is 1. The summed E-state index contributed by atoms with van der Waals surface area (Å²) in [5, 5.41) is 16.6.